The number of carbonyl (C=O) groups is 1. The van der Waals surface area contributed by atoms with Crippen LogP contribution in [0.1, 0.15) is 11.1 Å². The van der Waals surface area contributed by atoms with E-state index in [9.17, 15) is 23.1 Å². The number of nitrogens with one attached hydrogen (secondary N) is 2. The molecule has 8 heteroatoms. The van der Waals surface area contributed by atoms with Crippen molar-refractivity contribution in [3.63, 3.8) is 0 Å². The van der Waals surface area contributed by atoms with E-state index in [4.69, 9.17) is 11.6 Å². The zero-order valence-corrected chi connectivity index (χ0v) is 12.6. The van der Waals surface area contributed by atoms with E-state index < -0.39 is 22.8 Å². The molecule has 0 spiro atoms. The maximum atomic E-state index is 12.8. The van der Waals surface area contributed by atoms with Gasteiger partial charge < -0.3 is 15.7 Å². The van der Waals surface area contributed by atoms with Crippen LogP contribution in [-0.4, -0.2) is 11.1 Å². The number of phenols is 1. The van der Waals surface area contributed by atoms with Crippen LogP contribution in [0.5, 0.6) is 5.75 Å². The van der Waals surface area contributed by atoms with Crippen LogP contribution in [0.15, 0.2) is 36.4 Å². The Bertz CT molecular complexity index is 748. The molecule has 0 bridgehead atoms. The molecule has 0 aliphatic heterocycles. The number of anilines is 2. The molecule has 0 unspecified atom stereocenters. The molecule has 0 aliphatic carbocycles. The lowest BCUT2D eigenvalue weighted by Gasteiger charge is -2.12. The number of amides is 2. The van der Waals surface area contributed by atoms with Crippen LogP contribution in [0.4, 0.5) is 29.3 Å². The van der Waals surface area contributed by atoms with Crippen LogP contribution in [0.2, 0.25) is 5.02 Å². The summed E-state index contributed by atoms with van der Waals surface area (Å²) in [5.74, 6) is -0.00588. The van der Waals surface area contributed by atoms with E-state index >= 15 is 0 Å². The fourth-order valence-electron chi connectivity index (χ4n) is 1.80. The summed E-state index contributed by atoms with van der Waals surface area (Å²) in [5, 5.41) is 13.8. The van der Waals surface area contributed by atoms with Gasteiger partial charge in [0.1, 0.15) is 5.75 Å². The van der Waals surface area contributed by atoms with Crippen molar-refractivity contribution >= 4 is 29.0 Å². The Hall–Kier alpha value is -2.41. The predicted molar refractivity (Wildman–Crippen MR) is 81.9 cm³/mol. The maximum Gasteiger partial charge on any atom is 0.417 e. The molecule has 0 aliphatic rings. The Morgan fingerprint density at radius 1 is 1.09 bits per heavy atom. The van der Waals surface area contributed by atoms with Crippen LogP contribution in [0.25, 0.3) is 0 Å². The highest BCUT2D eigenvalue weighted by atomic mass is 35.5. The molecule has 0 aromatic heterocycles. The second kappa shape index (κ2) is 6.37. The molecular weight excluding hydrogens is 333 g/mol. The number of urea groups is 1. The Morgan fingerprint density at radius 3 is 2.22 bits per heavy atom. The summed E-state index contributed by atoms with van der Waals surface area (Å²) in [6.45, 7) is 1.69. The fourth-order valence-corrected chi connectivity index (χ4v) is 2.03. The van der Waals surface area contributed by atoms with Crippen LogP contribution >= 0.6 is 11.6 Å². The number of aryl methyl sites for hydroxylation is 1. The van der Waals surface area contributed by atoms with Crippen molar-refractivity contribution in [3.8, 4) is 5.75 Å². The standard InChI is InChI=1S/C15H12ClF3N2O2/c1-8-2-3-10(7-13(8)22)21-14(23)20-9-4-5-12(16)11(6-9)15(17,18)19/h2-7,22H,1H3,(H2,20,21,23). The SMILES string of the molecule is Cc1ccc(NC(=O)Nc2ccc(Cl)c(C(F)(F)F)c2)cc1O. The van der Waals surface area contributed by atoms with Crippen molar-refractivity contribution in [1.82, 2.24) is 0 Å². The van der Waals surface area contributed by atoms with E-state index in [1.807, 2.05) is 0 Å². The average Bonchev–Trinajstić information content (AvgIpc) is 2.44. The molecule has 0 fully saturated rings. The number of halogens is 4. The topological polar surface area (TPSA) is 61.4 Å². The molecule has 0 heterocycles. The first kappa shape index (κ1) is 17.0. The highest BCUT2D eigenvalue weighted by molar-refractivity contribution is 6.31. The lowest BCUT2D eigenvalue weighted by molar-refractivity contribution is -0.137. The minimum absolute atomic E-state index is 0.00588. The van der Waals surface area contributed by atoms with E-state index in [0.717, 1.165) is 12.1 Å². The van der Waals surface area contributed by atoms with Gasteiger partial charge in [-0.2, -0.15) is 13.2 Å². The highest BCUT2D eigenvalue weighted by Gasteiger charge is 2.33. The van der Waals surface area contributed by atoms with E-state index in [1.165, 1.54) is 12.1 Å². The van der Waals surface area contributed by atoms with Gasteiger partial charge in [-0.25, -0.2) is 4.79 Å². The monoisotopic (exact) mass is 344 g/mol. The number of rotatable bonds is 2. The first-order valence-corrected chi connectivity index (χ1v) is 6.79. The van der Waals surface area contributed by atoms with Crippen LogP contribution in [0, 0.1) is 6.92 Å². The molecule has 0 saturated carbocycles. The molecule has 2 aromatic carbocycles. The number of phenolic OH excluding ortho intramolecular Hbond substituents is 1. The molecule has 0 atom stereocenters. The largest absolute Gasteiger partial charge is 0.508 e. The Morgan fingerprint density at radius 2 is 1.65 bits per heavy atom. The summed E-state index contributed by atoms with van der Waals surface area (Å²) in [6, 6.07) is 6.78. The van der Waals surface area contributed by atoms with Crippen LogP contribution in [0.3, 0.4) is 0 Å². The molecule has 0 saturated heterocycles. The van der Waals surface area contributed by atoms with E-state index in [-0.39, 0.29) is 11.4 Å². The molecule has 23 heavy (non-hydrogen) atoms. The summed E-state index contributed by atoms with van der Waals surface area (Å²) >= 11 is 5.50. The van der Waals surface area contributed by atoms with Gasteiger partial charge in [-0.3, -0.25) is 0 Å². The van der Waals surface area contributed by atoms with Crippen molar-refractivity contribution in [1.29, 1.82) is 0 Å². The van der Waals surface area contributed by atoms with Crippen molar-refractivity contribution in [2.75, 3.05) is 10.6 Å². The van der Waals surface area contributed by atoms with Gasteiger partial charge >= 0.3 is 12.2 Å². The molecule has 3 N–H and O–H groups in total. The molecule has 2 amide bonds. The van der Waals surface area contributed by atoms with E-state index in [2.05, 4.69) is 10.6 Å². The molecular formula is C15H12ClF3N2O2. The number of hydrogen-bond acceptors (Lipinski definition) is 2. The molecule has 0 radical (unpaired) electrons. The van der Waals surface area contributed by atoms with Gasteiger partial charge in [-0.15, -0.1) is 0 Å². The molecule has 2 rings (SSSR count). The second-order valence-electron chi connectivity index (χ2n) is 4.77. The van der Waals surface area contributed by atoms with E-state index in [0.29, 0.717) is 11.3 Å². The second-order valence-corrected chi connectivity index (χ2v) is 5.18. The van der Waals surface area contributed by atoms with Gasteiger partial charge in [0, 0.05) is 17.4 Å². The van der Waals surface area contributed by atoms with Gasteiger partial charge in [0.05, 0.1) is 10.6 Å². The smallest absolute Gasteiger partial charge is 0.417 e. The zero-order valence-electron chi connectivity index (χ0n) is 11.8. The normalized spacial score (nSPS) is 11.2. The zero-order chi connectivity index (χ0) is 17.2. The minimum atomic E-state index is -4.62. The van der Waals surface area contributed by atoms with Crippen molar-refractivity contribution in [3.05, 3.63) is 52.5 Å². The number of alkyl halides is 3. The Balaban J connectivity index is 2.12. The molecule has 4 nitrogen and oxygen atoms in total. The average molecular weight is 345 g/mol. The summed E-state index contributed by atoms with van der Waals surface area (Å²) in [7, 11) is 0. The van der Waals surface area contributed by atoms with Crippen LogP contribution < -0.4 is 10.6 Å². The number of hydrogen-bond donors (Lipinski definition) is 3. The summed E-state index contributed by atoms with van der Waals surface area (Å²) in [4.78, 5) is 11.8. The summed E-state index contributed by atoms with van der Waals surface area (Å²) in [5.41, 5.74) is -0.167. The van der Waals surface area contributed by atoms with Gasteiger partial charge in [0.2, 0.25) is 0 Å². The summed E-state index contributed by atoms with van der Waals surface area (Å²) < 4.78 is 38.3. The molecule has 122 valence electrons. The first-order chi connectivity index (χ1) is 10.7. The number of benzene rings is 2. The van der Waals surface area contributed by atoms with Gasteiger partial charge in [-0.1, -0.05) is 17.7 Å². The third kappa shape index (κ3) is 4.29. The van der Waals surface area contributed by atoms with Crippen molar-refractivity contribution in [2.45, 2.75) is 13.1 Å². The quantitative estimate of drug-likeness (QED) is 0.716. The number of aromatic hydroxyl groups is 1. The lowest BCUT2D eigenvalue weighted by Crippen LogP contribution is -2.20. The van der Waals surface area contributed by atoms with Gasteiger partial charge in [-0.05, 0) is 36.8 Å². The first-order valence-electron chi connectivity index (χ1n) is 6.41. The van der Waals surface area contributed by atoms with Crippen molar-refractivity contribution in [2.24, 2.45) is 0 Å². The predicted octanol–water partition coefficient (Wildman–Crippen LogP) is 5.02. The Kier molecular flexibility index (Phi) is 4.70. The lowest BCUT2D eigenvalue weighted by atomic mass is 10.2. The Labute approximate surface area is 134 Å². The number of carbonyl (C=O) groups excluding carboxylic acids is 1. The van der Waals surface area contributed by atoms with Gasteiger partial charge in [0.25, 0.3) is 0 Å². The van der Waals surface area contributed by atoms with E-state index in [1.54, 1.807) is 19.1 Å². The minimum Gasteiger partial charge on any atom is -0.508 e. The van der Waals surface area contributed by atoms with Crippen molar-refractivity contribution < 1.29 is 23.1 Å². The third-order valence-corrected chi connectivity index (χ3v) is 3.33. The highest BCUT2D eigenvalue weighted by Crippen LogP contribution is 2.36. The fraction of sp³-hybridized carbons (Fsp3) is 0.133. The summed E-state index contributed by atoms with van der Waals surface area (Å²) in [6.07, 6.45) is -4.62. The molecule has 2 aromatic rings. The van der Waals surface area contributed by atoms with Gasteiger partial charge in [0.15, 0.2) is 0 Å². The van der Waals surface area contributed by atoms with Crippen LogP contribution in [-0.2, 0) is 6.18 Å². The maximum absolute atomic E-state index is 12.8. The third-order valence-electron chi connectivity index (χ3n) is 3.00.